The van der Waals surface area contributed by atoms with Crippen molar-refractivity contribution in [2.75, 3.05) is 13.6 Å². The average molecular weight is 517 g/mol. The summed E-state index contributed by atoms with van der Waals surface area (Å²) in [4.78, 5) is 55.3. The van der Waals surface area contributed by atoms with Crippen molar-refractivity contribution in [3.05, 3.63) is 34.9 Å². The number of nitrogens with one attached hydrogen (secondary N) is 3. The summed E-state index contributed by atoms with van der Waals surface area (Å²) >= 11 is 5.90. The van der Waals surface area contributed by atoms with Crippen LogP contribution in [-0.2, 0) is 20.9 Å². The molecule has 4 aliphatic rings. The molecule has 11 heteroatoms. The third-order valence-corrected chi connectivity index (χ3v) is 8.22. The van der Waals surface area contributed by atoms with Gasteiger partial charge < -0.3 is 15.5 Å². The van der Waals surface area contributed by atoms with Crippen molar-refractivity contribution >= 4 is 35.4 Å². The van der Waals surface area contributed by atoms with E-state index in [2.05, 4.69) is 16.1 Å². The Kier molecular flexibility index (Phi) is 7.07. The third-order valence-electron chi connectivity index (χ3n) is 7.97. The van der Waals surface area contributed by atoms with Crippen LogP contribution in [0.5, 0.6) is 0 Å². The summed E-state index contributed by atoms with van der Waals surface area (Å²) in [5.41, 5.74) is 3.92. The molecule has 4 fully saturated rings. The Morgan fingerprint density at radius 2 is 1.81 bits per heavy atom. The van der Waals surface area contributed by atoms with Gasteiger partial charge in [0.15, 0.2) is 6.29 Å². The minimum absolute atomic E-state index is 0.0290. The molecule has 0 radical (unpaired) electrons. The van der Waals surface area contributed by atoms with Crippen molar-refractivity contribution in [1.82, 2.24) is 30.9 Å². The number of nitrogens with zero attached hydrogens (tertiary/aromatic N) is 3. The molecule has 4 atom stereocenters. The molecule has 2 heterocycles. The van der Waals surface area contributed by atoms with Gasteiger partial charge in [-0.3, -0.25) is 19.3 Å². The number of hydrazine groups is 1. The zero-order valence-corrected chi connectivity index (χ0v) is 21.2. The van der Waals surface area contributed by atoms with Gasteiger partial charge in [-0.15, -0.1) is 0 Å². The van der Waals surface area contributed by atoms with Crippen molar-refractivity contribution in [3.63, 3.8) is 0 Å². The lowest BCUT2D eigenvalue weighted by Gasteiger charge is -2.48. The van der Waals surface area contributed by atoms with E-state index < -0.39 is 6.29 Å². The molecular weight excluding hydrogens is 484 g/mol. The number of amides is 5. The van der Waals surface area contributed by atoms with E-state index in [0.717, 1.165) is 31.2 Å². The van der Waals surface area contributed by atoms with Gasteiger partial charge in [-0.1, -0.05) is 36.6 Å². The molecule has 0 aromatic heterocycles. The smallest absolute Gasteiger partial charge is 0.337 e. The van der Waals surface area contributed by atoms with Crippen LogP contribution in [0.3, 0.4) is 0 Å². The first-order valence-corrected chi connectivity index (χ1v) is 13.1. The van der Waals surface area contributed by atoms with E-state index in [1.54, 1.807) is 24.1 Å². The molecule has 194 valence electrons. The van der Waals surface area contributed by atoms with Crippen LogP contribution >= 0.6 is 11.6 Å². The Hall–Kier alpha value is -2.85. The number of fused-ring (bicyclic) bond motifs is 3. The number of hydrogen-bond donors (Lipinski definition) is 3. The second-order valence-electron chi connectivity index (χ2n) is 10.3. The van der Waals surface area contributed by atoms with Crippen LogP contribution < -0.4 is 16.1 Å². The van der Waals surface area contributed by atoms with Crippen molar-refractivity contribution < 1.29 is 19.2 Å². The summed E-state index contributed by atoms with van der Waals surface area (Å²) in [6.07, 6.45) is 5.28. The molecule has 2 aliphatic heterocycles. The molecule has 5 amide bonds. The lowest BCUT2D eigenvalue weighted by atomic mass is 9.75. The quantitative estimate of drug-likeness (QED) is 0.533. The van der Waals surface area contributed by atoms with Crippen LogP contribution in [0.1, 0.15) is 50.5 Å². The summed E-state index contributed by atoms with van der Waals surface area (Å²) in [7, 11) is 1.67. The molecule has 10 nitrogen and oxygen atoms in total. The van der Waals surface area contributed by atoms with E-state index >= 15 is 0 Å². The van der Waals surface area contributed by atoms with Crippen LogP contribution in [0.25, 0.3) is 0 Å². The summed E-state index contributed by atoms with van der Waals surface area (Å²) in [6, 6.07) is 6.65. The van der Waals surface area contributed by atoms with E-state index in [9.17, 15) is 19.2 Å². The zero-order valence-electron chi connectivity index (χ0n) is 20.4. The van der Waals surface area contributed by atoms with Crippen LogP contribution in [-0.4, -0.2) is 70.5 Å². The second-order valence-corrected chi connectivity index (χ2v) is 10.7. The van der Waals surface area contributed by atoms with Gasteiger partial charge in [-0.05, 0) is 49.8 Å². The average Bonchev–Trinajstić information content (AvgIpc) is 3.50. The largest absolute Gasteiger partial charge is 0.353 e. The Labute approximate surface area is 215 Å². The lowest BCUT2D eigenvalue weighted by Crippen LogP contribution is -2.66. The van der Waals surface area contributed by atoms with E-state index in [1.807, 2.05) is 12.1 Å². The minimum atomic E-state index is -0.674. The van der Waals surface area contributed by atoms with E-state index in [-0.39, 0.29) is 54.2 Å². The Morgan fingerprint density at radius 3 is 2.53 bits per heavy atom. The van der Waals surface area contributed by atoms with Crippen molar-refractivity contribution in [1.29, 1.82) is 0 Å². The molecule has 5 rings (SSSR count). The first-order chi connectivity index (χ1) is 17.3. The fraction of sp³-hybridized carbons (Fsp3) is 0.600. The van der Waals surface area contributed by atoms with Gasteiger partial charge in [-0.25, -0.2) is 9.80 Å². The van der Waals surface area contributed by atoms with Crippen molar-refractivity contribution in [3.8, 4) is 0 Å². The standard InChI is InChI=1S/C25H33ClN6O4/c1-30-23(35)19-11-8-16(22(34)28-18-4-2-3-5-18)12-20(19)32-24(30)29-31(25(32)36)14-21(33)27-13-15-6-9-17(26)10-7-15/h6-7,9-10,16,18-20,24,29H,2-5,8,11-14H2,1H3,(H,27,33)(H,28,34). The fourth-order valence-corrected chi connectivity index (χ4v) is 6.09. The maximum Gasteiger partial charge on any atom is 0.337 e. The molecule has 2 saturated heterocycles. The van der Waals surface area contributed by atoms with E-state index in [4.69, 9.17) is 11.6 Å². The maximum absolute atomic E-state index is 13.4. The Bertz CT molecular complexity index is 1030. The van der Waals surface area contributed by atoms with Gasteiger partial charge in [-0.2, -0.15) is 5.43 Å². The summed E-state index contributed by atoms with van der Waals surface area (Å²) in [5, 5.41) is 7.87. The van der Waals surface area contributed by atoms with Gasteiger partial charge in [0.1, 0.15) is 6.54 Å². The number of benzene rings is 1. The molecule has 2 saturated carbocycles. The molecular formula is C25H33ClN6O4. The van der Waals surface area contributed by atoms with Gasteiger partial charge >= 0.3 is 6.03 Å². The molecule has 2 aliphatic carbocycles. The van der Waals surface area contributed by atoms with Crippen molar-refractivity contribution in [2.24, 2.45) is 11.8 Å². The van der Waals surface area contributed by atoms with Crippen LogP contribution in [0.2, 0.25) is 5.02 Å². The first kappa shape index (κ1) is 24.8. The highest BCUT2D eigenvalue weighted by Gasteiger charge is 2.55. The Balaban J connectivity index is 1.23. The second kappa shape index (κ2) is 10.3. The monoisotopic (exact) mass is 516 g/mol. The third kappa shape index (κ3) is 4.88. The maximum atomic E-state index is 13.4. The van der Waals surface area contributed by atoms with Crippen LogP contribution in [0.4, 0.5) is 4.79 Å². The van der Waals surface area contributed by atoms with E-state index in [1.165, 1.54) is 9.91 Å². The fourth-order valence-electron chi connectivity index (χ4n) is 5.96. The molecule has 0 spiro atoms. The van der Waals surface area contributed by atoms with Crippen molar-refractivity contribution in [2.45, 2.75) is 69.9 Å². The predicted molar refractivity (Wildman–Crippen MR) is 132 cm³/mol. The molecule has 1 aromatic carbocycles. The number of hydrogen-bond acceptors (Lipinski definition) is 5. The van der Waals surface area contributed by atoms with Crippen LogP contribution in [0.15, 0.2) is 24.3 Å². The normalized spacial score (nSPS) is 28.2. The molecule has 1 aromatic rings. The highest BCUT2D eigenvalue weighted by Crippen LogP contribution is 2.40. The summed E-state index contributed by atoms with van der Waals surface area (Å²) < 4.78 is 0. The number of rotatable bonds is 6. The molecule has 3 N–H and O–H groups in total. The zero-order chi connectivity index (χ0) is 25.4. The summed E-state index contributed by atoms with van der Waals surface area (Å²) in [6.45, 7) is 0.122. The lowest BCUT2D eigenvalue weighted by molar-refractivity contribution is -0.156. The van der Waals surface area contributed by atoms with Gasteiger partial charge in [0.25, 0.3) is 0 Å². The summed E-state index contributed by atoms with van der Waals surface area (Å²) in [5.74, 6) is -0.903. The van der Waals surface area contributed by atoms with Gasteiger partial charge in [0.05, 0.1) is 5.92 Å². The molecule has 4 unspecified atom stereocenters. The highest BCUT2D eigenvalue weighted by molar-refractivity contribution is 6.30. The number of carbonyl (C=O) groups is 4. The number of halogens is 1. The Morgan fingerprint density at radius 1 is 1.08 bits per heavy atom. The number of urea groups is 1. The molecule has 0 bridgehead atoms. The SMILES string of the molecule is CN1C(=O)C2CCC(C(=O)NC3CCCC3)CC2N2C(=O)N(CC(=O)NCc3ccc(Cl)cc3)NC12. The molecule has 36 heavy (non-hydrogen) atoms. The van der Waals surface area contributed by atoms with Gasteiger partial charge in [0.2, 0.25) is 17.7 Å². The first-order valence-electron chi connectivity index (χ1n) is 12.8. The topological polar surface area (TPSA) is 114 Å². The minimum Gasteiger partial charge on any atom is -0.353 e. The van der Waals surface area contributed by atoms with Gasteiger partial charge in [0, 0.05) is 36.6 Å². The number of carbonyl (C=O) groups excluding carboxylic acids is 4. The van der Waals surface area contributed by atoms with Crippen LogP contribution in [0, 0.1) is 11.8 Å². The predicted octanol–water partition coefficient (Wildman–Crippen LogP) is 1.80. The highest BCUT2D eigenvalue weighted by atomic mass is 35.5. The van der Waals surface area contributed by atoms with E-state index in [0.29, 0.717) is 30.8 Å².